The normalized spacial score (nSPS) is 28.0. The van der Waals surface area contributed by atoms with E-state index in [4.69, 9.17) is 11.5 Å². The van der Waals surface area contributed by atoms with Crippen molar-refractivity contribution in [2.45, 2.75) is 89.9 Å². The van der Waals surface area contributed by atoms with Crippen molar-refractivity contribution in [3.8, 4) is 0 Å². The zero-order chi connectivity index (χ0) is 27.9. The maximum absolute atomic E-state index is 14.4. The van der Waals surface area contributed by atoms with Gasteiger partial charge in [0.2, 0.25) is 11.8 Å². The lowest BCUT2D eigenvalue weighted by Gasteiger charge is -2.41. The van der Waals surface area contributed by atoms with Crippen LogP contribution in [-0.4, -0.2) is 79.5 Å². The van der Waals surface area contributed by atoms with Crippen molar-refractivity contribution in [1.82, 2.24) is 20.4 Å². The summed E-state index contributed by atoms with van der Waals surface area (Å²) >= 11 is 0. The summed E-state index contributed by atoms with van der Waals surface area (Å²) in [4.78, 5) is 34.6. The highest BCUT2D eigenvalue weighted by Crippen LogP contribution is 2.42. The van der Waals surface area contributed by atoms with E-state index in [0.717, 1.165) is 63.9 Å². The Hall–Kier alpha value is -2.26. The lowest BCUT2D eigenvalue weighted by Crippen LogP contribution is -2.55. The van der Waals surface area contributed by atoms with Crippen LogP contribution in [0.3, 0.4) is 0 Å². The molecule has 4 atom stereocenters. The zero-order valence-electron chi connectivity index (χ0n) is 23.6. The molecule has 3 aliphatic heterocycles. The minimum atomic E-state index is -0.951. The number of allylic oxidation sites excluding steroid dienone is 1. The number of nitrogens with two attached hydrogens (primary N) is 2. The van der Waals surface area contributed by atoms with Gasteiger partial charge >= 0.3 is 0 Å². The van der Waals surface area contributed by atoms with E-state index in [1.165, 1.54) is 0 Å². The first kappa shape index (κ1) is 30.3. The van der Waals surface area contributed by atoms with Gasteiger partial charge < -0.3 is 27.0 Å². The van der Waals surface area contributed by atoms with E-state index in [9.17, 15) is 14.0 Å². The molecule has 6 N–H and O–H groups in total. The van der Waals surface area contributed by atoms with Gasteiger partial charge in [0, 0.05) is 45.0 Å². The van der Waals surface area contributed by atoms with Crippen molar-refractivity contribution in [2.24, 2.45) is 33.7 Å². The number of aliphatic imine (C=N–C) groups is 1. The van der Waals surface area contributed by atoms with E-state index in [2.05, 4.69) is 40.2 Å². The van der Waals surface area contributed by atoms with Crippen LogP contribution in [0.25, 0.3) is 0 Å². The molecule has 2 amide bonds. The van der Waals surface area contributed by atoms with Crippen LogP contribution in [0.4, 0.5) is 4.39 Å². The summed E-state index contributed by atoms with van der Waals surface area (Å²) in [6.07, 6.45) is 7.73. The van der Waals surface area contributed by atoms with Crippen molar-refractivity contribution in [3.05, 3.63) is 17.7 Å². The first-order valence-electron chi connectivity index (χ1n) is 14.3. The predicted octanol–water partition coefficient (Wildman–Crippen LogP) is 2.24. The van der Waals surface area contributed by atoms with Crippen LogP contribution in [0.1, 0.15) is 71.6 Å². The van der Waals surface area contributed by atoms with Gasteiger partial charge in [-0.1, -0.05) is 26.7 Å². The summed E-state index contributed by atoms with van der Waals surface area (Å²) in [5.41, 5.74) is 13.0. The number of carbonyl (C=O) groups is 2. The van der Waals surface area contributed by atoms with E-state index < -0.39 is 18.1 Å². The first-order valence-corrected chi connectivity index (χ1v) is 14.3. The fourth-order valence-corrected chi connectivity index (χ4v) is 6.45. The van der Waals surface area contributed by atoms with Crippen LogP contribution in [0.2, 0.25) is 0 Å². The molecule has 0 aromatic carbocycles. The second-order valence-electron chi connectivity index (χ2n) is 11.5. The fourth-order valence-electron chi connectivity index (χ4n) is 6.45. The number of piperidine rings is 1. The van der Waals surface area contributed by atoms with E-state index in [1.807, 2.05) is 6.20 Å². The molecule has 4 unspecified atom stereocenters. The topological polar surface area (TPSA) is 129 Å². The molecular formula is C28H48FN7O2. The smallest absolute Gasteiger partial charge is 0.232 e. The molecule has 10 heteroatoms. The first-order chi connectivity index (χ1) is 18.1. The van der Waals surface area contributed by atoms with E-state index in [1.54, 1.807) is 19.0 Å². The Bertz CT molecular complexity index is 922. The van der Waals surface area contributed by atoms with Crippen molar-refractivity contribution < 1.29 is 14.0 Å². The van der Waals surface area contributed by atoms with E-state index in [0.29, 0.717) is 19.3 Å². The highest BCUT2D eigenvalue weighted by Gasteiger charge is 2.40. The van der Waals surface area contributed by atoms with Gasteiger partial charge in [0.25, 0.3) is 0 Å². The molecule has 1 saturated heterocycles. The quantitative estimate of drug-likeness (QED) is 0.337. The summed E-state index contributed by atoms with van der Waals surface area (Å²) in [7, 11) is 3.60. The molecule has 3 heterocycles. The molecule has 3 aliphatic rings. The SMILES string of the molecule is CCCC1(CC)CCC(F)=C=NC(C(C(=O)NC2=CNCCC2N2CCC(C(=O)N(C)C)CC2)C(N)N)C1. The van der Waals surface area contributed by atoms with Gasteiger partial charge in [0.1, 0.15) is 0 Å². The van der Waals surface area contributed by atoms with Crippen LogP contribution < -0.4 is 22.1 Å². The summed E-state index contributed by atoms with van der Waals surface area (Å²) in [5, 5.41) is 6.36. The van der Waals surface area contributed by atoms with Crippen LogP contribution in [0.5, 0.6) is 0 Å². The minimum absolute atomic E-state index is 0.0262. The van der Waals surface area contributed by atoms with Crippen molar-refractivity contribution in [2.75, 3.05) is 33.7 Å². The molecule has 0 aromatic rings. The average Bonchev–Trinajstić information content (AvgIpc) is 2.89. The number of carbonyl (C=O) groups excluding carboxylic acids is 2. The predicted molar refractivity (Wildman–Crippen MR) is 149 cm³/mol. The zero-order valence-corrected chi connectivity index (χ0v) is 23.6. The third kappa shape index (κ3) is 7.44. The maximum Gasteiger partial charge on any atom is 0.232 e. The molecule has 3 rings (SSSR count). The van der Waals surface area contributed by atoms with E-state index in [-0.39, 0.29) is 35.0 Å². The second kappa shape index (κ2) is 13.7. The second-order valence-corrected chi connectivity index (χ2v) is 11.5. The fraction of sp³-hybridized carbons (Fsp3) is 0.786. The maximum atomic E-state index is 14.4. The number of likely N-dealkylation sites (tertiary alicyclic amines) is 1. The highest BCUT2D eigenvalue weighted by atomic mass is 19.1. The minimum Gasteiger partial charge on any atom is -0.389 e. The highest BCUT2D eigenvalue weighted by molar-refractivity contribution is 5.82. The molecule has 0 spiro atoms. The Morgan fingerprint density at radius 3 is 2.61 bits per heavy atom. The van der Waals surface area contributed by atoms with Gasteiger partial charge in [-0.15, -0.1) is 0 Å². The Balaban J connectivity index is 1.77. The monoisotopic (exact) mass is 533 g/mol. The standard InChI is InChI=1S/C28H48FN7O2/c1-5-11-28(6-2)12-7-20(29)17-33-21(16-28)24(25(30)31)26(37)34-22-18-32-13-8-23(22)36-14-9-19(10-15-36)27(38)35(3)4/h18-19,21,23-25,32H,5-16,30-31H2,1-4H3,(H,34,37). The molecule has 1 fully saturated rings. The molecular weight excluding hydrogens is 485 g/mol. The summed E-state index contributed by atoms with van der Waals surface area (Å²) in [6, 6.07) is -0.533. The van der Waals surface area contributed by atoms with E-state index >= 15 is 0 Å². The number of halogens is 1. The number of hydrogen-bond donors (Lipinski definition) is 4. The van der Waals surface area contributed by atoms with Gasteiger partial charge in [0.15, 0.2) is 5.83 Å². The van der Waals surface area contributed by atoms with Crippen LogP contribution in [0.15, 0.2) is 22.7 Å². The average molecular weight is 534 g/mol. The number of amides is 2. The van der Waals surface area contributed by atoms with Gasteiger partial charge in [0.05, 0.1) is 29.9 Å². The largest absolute Gasteiger partial charge is 0.389 e. The van der Waals surface area contributed by atoms with Crippen molar-refractivity contribution in [3.63, 3.8) is 0 Å². The Kier molecular flexibility index (Phi) is 10.9. The van der Waals surface area contributed by atoms with Gasteiger partial charge in [-0.25, -0.2) is 9.38 Å². The van der Waals surface area contributed by atoms with Gasteiger partial charge in [-0.2, -0.15) is 0 Å². The molecule has 0 aliphatic carbocycles. The van der Waals surface area contributed by atoms with Gasteiger partial charge in [-0.3, -0.25) is 14.5 Å². The van der Waals surface area contributed by atoms with Crippen LogP contribution in [-0.2, 0) is 9.59 Å². The van der Waals surface area contributed by atoms with Crippen molar-refractivity contribution in [1.29, 1.82) is 0 Å². The molecule has 0 aromatic heterocycles. The number of nitrogens with zero attached hydrogens (tertiary/aromatic N) is 3. The molecule has 0 saturated carbocycles. The third-order valence-electron chi connectivity index (χ3n) is 8.74. The van der Waals surface area contributed by atoms with Gasteiger partial charge in [-0.05, 0) is 57.0 Å². The molecule has 0 bridgehead atoms. The Morgan fingerprint density at radius 1 is 1.29 bits per heavy atom. The molecule has 0 radical (unpaired) electrons. The number of rotatable bonds is 9. The lowest BCUT2D eigenvalue weighted by atomic mass is 9.70. The third-order valence-corrected chi connectivity index (χ3v) is 8.74. The Labute approximate surface area is 227 Å². The number of nitrogens with one attached hydrogen (secondary N) is 2. The lowest BCUT2D eigenvalue weighted by molar-refractivity contribution is -0.134. The summed E-state index contributed by atoms with van der Waals surface area (Å²) in [6.45, 7) is 6.62. The molecule has 214 valence electrons. The van der Waals surface area contributed by atoms with Crippen molar-refractivity contribution >= 4 is 17.7 Å². The molecule has 9 nitrogen and oxygen atoms in total. The van der Waals surface area contributed by atoms with Crippen LogP contribution in [0, 0.1) is 17.3 Å². The number of hydrogen-bond acceptors (Lipinski definition) is 7. The molecule has 38 heavy (non-hydrogen) atoms. The Morgan fingerprint density at radius 2 is 2.00 bits per heavy atom. The van der Waals surface area contributed by atoms with Crippen LogP contribution >= 0.6 is 0 Å². The summed E-state index contributed by atoms with van der Waals surface area (Å²) in [5.74, 6) is 1.25. The summed E-state index contributed by atoms with van der Waals surface area (Å²) < 4.78 is 14.4.